The molecule has 0 bridgehead atoms. The normalized spacial score (nSPS) is 16.4. The third kappa shape index (κ3) is 28.6. The Kier molecular flexibility index (Phi) is 33.8. The van der Waals surface area contributed by atoms with Crippen molar-refractivity contribution < 1.29 is 66.9 Å². The second kappa shape index (κ2) is 45.7. The summed E-state index contributed by atoms with van der Waals surface area (Å²) >= 11 is 19.5. The van der Waals surface area contributed by atoms with E-state index >= 15 is 0 Å². The number of fused-ring (bicyclic) bond motifs is 3. The van der Waals surface area contributed by atoms with Crippen molar-refractivity contribution in [1.29, 1.82) is 0 Å². The van der Waals surface area contributed by atoms with Gasteiger partial charge in [0, 0.05) is 173 Å². The fraction of sp³-hybridized carbons (Fsp3) is 0.314. The first-order valence-electron chi connectivity index (χ1n) is 44.8. The van der Waals surface area contributed by atoms with Crippen molar-refractivity contribution in [2.24, 2.45) is 23.7 Å². The fourth-order valence-electron chi connectivity index (χ4n) is 15.5. The smallest absolute Gasteiger partial charge is 0.410 e. The van der Waals surface area contributed by atoms with Gasteiger partial charge < -0.3 is 86.2 Å². The monoisotopic (exact) mass is 1930 g/mol. The van der Waals surface area contributed by atoms with E-state index in [0.717, 1.165) is 60.5 Å². The van der Waals surface area contributed by atoms with Gasteiger partial charge in [-0.15, -0.1) is 0 Å². The first-order valence-corrected chi connectivity index (χ1v) is 45.9. The largest absolute Gasteiger partial charge is 0.444 e. The molecule has 15 rings (SSSR count). The van der Waals surface area contributed by atoms with Crippen LogP contribution in [0.5, 0.6) is 0 Å². The molecule has 9 heterocycles. The third-order valence-corrected chi connectivity index (χ3v) is 22.8. The van der Waals surface area contributed by atoms with Crippen LogP contribution in [0.3, 0.4) is 0 Å². The van der Waals surface area contributed by atoms with Gasteiger partial charge in [0.2, 0.25) is 35.6 Å². The average molecular weight is 1930 g/mol. The molecule has 3 fully saturated rings. The highest BCUT2D eigenvalue weighted by Crippen LogP contribution is 2.38. The SMILES string of the molecule is C=CC(=O)Nc1ccc(CC(=O)[C@@H]2CC(Nc3ncc(Cl)c(-c4c[nH]c5ccccc45)n3)CN(C(=O)OC(C)(C)C)C2)cc1.C=CC(=O)Nc1ccc(CC(=O)[C@@H]2CC(Nc3ncc(Cl)c(-c4c[nH]c5ccccc45)n3)CN(C(=O)OC(C)(C)C)C2)cc1.C=CC(=O)Nc1ccc(N)cc1.CC(C)C(=O)OC(=O)C1CC(Nc2ncc(Cl)c(-c3c[nH]c4ccccc34)n2)CN(C(=O)OC(C)(C)C)C1. The number of nitrogen functional groups attached to an aromatic ring is 1. The molecular formula is C102H112Cl3N19O14. The molecule has 11 N–H and O–H groups in total. The maximum absolute atomic E-state index is 13.6. The van der Waals surface area contributed by atoms with Gasteiger partial charge in [0.1, 0.15) is 28.4 Å². The van der Waals surface area contributed by atoms with Crippen molar-refractivity contribution >= 4 is 168 Å². The Hall–Kier alpha value is -14.8. The zero-order valence-corrected chi connectivity index (χ0v) is 80.7. The number of carbonyl (C=O) groups is 10. The summed E-state index contributed by atoms with van der Waals surface area (Å²) in [6, 6.07) is 43.6. The maximum Gasteiger partial charge on any atom is 0.410 e. The Labute approximate surface area is 813 Å². The molecule has 0 radical (unpaired) electrons. The lowest BCUT2D eigenvalue weighted by Gasteiger charge is -2.38. The summed E-state index contributed by atoms with van der Waals surface area (Å²) in [5.41, 5.74) is 14.7. The molecule has 3 saturated heterocycles. The molecule has 3 aliphatic heterocycles. The highest BCUT2D eigenvalue weighted by molar-refractivity contribution is 6.34. The van der Waals surface area contributed by atoms with Crippen LogP contribution in [0.15, 0.2) is 221 Å². The Balaban J connectivity index is 0.000000175. The van der Waals surface area contributed by atoms with E-state index in [1.807, 2.05) is 133 Å². The minimum absolute atomic E-state index is 0.00978. The van der Waals surface area contributed by atoms with Crippen LogP contribution in [-0.4, -0.2) is 193 Å². The number of carbonyl (C=O) groups excluding carboxylic acids is 10. The van der Waals surface area contributed by atoms with E-state index in [1.165, 1.54) is 29.3 Å². The van der Waals surface area contributed by atoms with Gasteiger partial charge in [-0.1, -0.05) is 147 Å². The number of para-hydroxylation sites is 3. The number of piperidine rings is 3. The predicted molar refractivity (Wildman–Crippen MR) is 537 cm³/mol. The van der Waals surface area contributed by atoms with Gasteiger partial charge in [0.25, 0.3) is 0 Å². The molecule has 6 amide bonds. The molecule has 6 atom stereocenters. The number of hydrogen-bond donors (Lipinski definition) is 10. The first kappa shape index (κ1) is 102. The topological polar surface area (TPSA) is 440 Å². The summed E-state index contributed by atoms with van der Waals surface area (Å²) < 4.78 is 21.9. The van der Waals surface area contributed by atoms with Crippen molar-refractivity contribution in [1.82, 2.24) is 59.6 Å². The van der Waals surface area contributed by atoms with E-state index < -0.39 is 76.7 Å². The second-order valence-corrected chi connectivity index (χ2v) is 37.9. The molecule has 4 unspecified atom stereocenters. The number of aromatic amines is 3. The summed E-state index contributed by atoms with van der Waals surface area (Å²) in [6.07, 6.45) is 13.8. The minimum atomic E-state index is -0.739. The number of Topliss-reactive ketones (excluding diaryl/α,β-unsaturated/α-hetero) is 2. The number of aromatic nitrogens is 9. The van der Waals surface area contributed by atoms with Gasteiger partial charge in [-0.3, -0.25) is 33.6 Å². The van der Waals surface area contributed by atoms with Crippen LogP contribution in [0, 0.1) is 23.7 Å². The number of amides is 6. The van der Waals surface area contributed by atoms with Crippen LogP contribution in [0.1, 0.15) is 107 Å². The number of halogens is 3. The number of ether oxygens (including phenoxy) is 4. The predicted octanol–water partition coefficient (Wildman–Crippen LogP) is 18.9. The van der Waals surface area contributed by atoms with Gasteiger partial charge in [-0.25, -0.2) is 44.3 Å². The Morgan fingerprint density at radius 2 is 0.717 bits per heavy atom. The standard InChI is InChI=1S/2C33H35ClN6O4.C27H32ClN5O5.C9H10N2O/c2*1-5-29(42)37-22-12-10-20(11-13-22)14-28(41)21-15-23(19-40(18-21)32(43)44-33(2,3)4)38-31-36-17-26(34)30(39-31)25-16-35-27-9-7-6-8-24(25)27;1-15(2)23(34)37-24(35)16-10-17(14-33(13-16)26(36)38-27(3,4)5)31-25-30-12-20(28)22(32-25)19-11-29-21-9-7-6-8-18(19)21;1-2-9(12)11-8-5-3-7(10)4-6-8/h2*5-13,16-17,21,23,35H,1,14-15,18-19H2,2-4H3,(H,37,42)(H,36,38,39);6-9,11-12,15-17,29H,10,13-14H2,1-5H3,(H,30,31,32);2-6H,1,10H2,(H,11,12)/t2*21-,23?;;/m11../s1. The zero-order chi connectivity index (χ0) is 99.5. The van der Waals surface area contributed by atoms with Crippen molar-refractivity contribution in [3.8, 4) is 33.8 Å². The van der Waals surface area contributed by atoms with Crippen molar-refractivity contribution in [3.63, 3.8) is 0 Å². The summed E-state index contributed by atoms with van der Waals surface area (Å²) in [4.78, 5) is 167. The highest BCUT2D eigenvalue weighted by Gasteiger charge is 2.41. The molecule has 6 aromatic heterocycles. The fourth-order valence-corrected chi connectivity index (χ4v) is 16.0. The molecule has 33 nitrogen and oxygen atoms in total. The average Bonchev–Trinajstić information content (AvgIpc) is 1.63. The van der Waals surface area contributed by atoms with Crippen LogP contribution in [0.25, 0.3) is 66.5 Å². The van der Waals surface area contributed by atoms with Crippen LogP contribution < -0.4 is 37.6 Å². The number of H-pyrrole nitrogens is 3. The lowest BCUT2D eigenvalue weighted by atomic mass is 9.88. The number of nitrogens with one attached hydrogen (secondary N) is 9. The summed E-state index contributed by atoms with van der Waals surface area (Å²) in [6.45, 7) is 31.1. The molecule has 0 saturated carbocycles. The van der Waals surface area contributed by atoms with Gasteiger partial charge >= 0.3 is 30.2 Å². The molecule has 138 heavy (non-hydrogen) atoms. The number of rotatable bonds is 23. The van der Waals surface area contributed by atoms with Gasteiger partial charge in [0.05, 0.1) is 62.6 Å². The van der Waals surface area contributed by atoms with E-state index in [2.05, 4.69) is 86.5 Å². The van der Waals surface area contributed by atoms with Gasteiger partial charge in [0.15, 0.2) is 0 Å². The number of nitrogens with zero attached hydrogens (tertiary/aromatic N) is 9. The van der Waals surface area contributed by atoms with Crippen molar-refractivity contribution in [2.45, 2.75) is 143 Å². The summed E-state index contributed by atoms with van der Waals surface area (Å²) in [5.74, 6) is -3.28. The number of anilines is 7. The van der Waals surface area contributed by atoms with Crippen LogP contribution >= 0.6 is 34.8 Å². The molecule has 36 heteroatoms. The maximum atomic E-state index is 13.6. The van der Waals surface area contributed by atoms with Gasteiger partial charge in [-0.05, 0) is 178 Å². The van der Waals surface area contributed by atoms with E-state index in [4.69, 9.17) is 69.5 Å². The molecule has 6 aromatic carbocycles. The number of likely N-dealkylation sites (tertiary alicyclic amines) is 3. The molecule has 3 aliphatic rings. The Morgan fingerprint density at radius 3 is 1.01 bits per heavy atom. The second-order valence-electron chi connectivity index (χ2n) is 36.7. The zero-order valence-electron chi connectivity index (χ0n) is 78.4. The van der Waals surface area contributed by atoms with Gasteiger partial charge in [-0.2, -0.15) is 0 Å². The van der Waals surface area contributed by atoms with E-state index in [0.29, 0.717) is 99.1 Å². The molecule has 720 valence electrons. The van der Waals surface area contributed by atoms with Crippen molar-refractivity contribution in [3.05, 3.63) is 247 Å². The Bertz CT molecular complexity index is 6210. The first-order chi connectivity index (χ1) is 65.6. The van der Waals surface area contributed by atoms with Crippen LogP contribution in [0.2, 0.25) is 15.1 Å². The third-order valence-electron chi connectivity index (χ3n) is 21.9. The Morgan fingerprint density at radius 1 is 0.428 bits per heavy atom. The summed E-state index contributed by atoms with van der Waals surface area (Å²) in [5, 5.41) is 22.0. The molecule has 0 spiro atoms. The van der Waals surface area contributed by atoms with Crippen LogP contribution in [0.4, 0.5) is 55.0 Å². The van der Waals surface area contributed by atoms with E-state index in [-0.39, 0.29) is 86.3 Å². The minimum Gasteiger partial charge on any atom is -0.444 e. The number of ketones is 2. The lowest BCUT2D eigenvalue weighted by molar-refractivity contribution is -0.166. The number of nitrogens with two attached hydrogens (primary N) is 1. The number of hydrogen-bond acceptors (Lipinski definition) is 24. The quantitative estimate of drug-likeness (QED) is 0.00934. The van der Waals surface area contributed by atoms with E-state index in [1.54, 1.807) is 130 Å². The number of esters is 2. The highest BCUT2D eigenvalue weighted by atomic mass is 35.5. The molecular weight excluding hydrogens is 1820 g/mol. The summed E-state index contributed by atoms with van der Waals surface area (Å²) in [7, 11) is 0. The number of benzene rings is 6. The molecule has 12 aromatic rings. The lowest BCUT2D eigenvalue weighted by Crippen LogP contribution is -2.52. The van der Waals surface area contributed by atoms with Crippen molar-refractivity contribution in [2.75, 3.05) is 76.9 Å². The van der Waals surface area contributed by atoms with E-state index in [9.17, 15) is 47.9 Å². The molecule has 0 aliphatic carbocycles. The van der Waals surface area contributed by atoms with Crippen LogP contribution in [-0.2, 0) is 65.4 Å².